The fraction of sp³-hybridized carbons (Fsp3) is 0. The molecule has 2 aromatic carbocycles. The normalized spacial score (nSPS) is 10.5. The number of amides is 1. The lowest BCUT2D eigenvalue weighted by atomic mass is 10.2. The number of rotatable bonds is 3. The van der Waals surface area contributed by atoms with Crippen molar-refractivity contribution in [2.45, 2.75) is 0 Å². The summed E-state index contributed by atoms with van der Waals surface area (Å²) in [5.41, 5.74) is 1.35. The van der Waals surface area contributed by atoms with Gasteiger partial charge in [-0.15, -0.1) is 0 Å². The molecule has 22 heavy (non-hydrogen) atoms. The summed E-state index contributed by atoms with van der Waals surface area (Å²) in [7, 11) is 0. The Morgan fingerprint density at radius 1 is 1.05 bits per heavy atom. The highest BCUT2D eigenvalue weighted by Gasteiger charge is 2.10. The van der Waals surface area contributed by atoms with Gasteiger partial charge >= 0.3 is 0 Å². The minimum absolute atomic E-state index is 0.0410. The third-order valence-electron chi connectivity index (χ3n) is 2.99. The van der Waals surface area contributed by atoms with Crippen molar-refractivity contribution >= 4 is 11.6 Å². The maximum Gasteiger partial charge on any atom is 0.255 e. The van der Waals surface area contributed by atoms with Crippen LogP contribution in [-0.2, 0) is 0 Å². The first kappa shape index (κ1) is 13.9. The van der Waals surface area contributed by atoms with Crippen molar-refractivity contribution in [3.8, 4) is 5.69 Å². The highest BCUT2D eigenvalue weighted by atomic mass is 19.2. The minimum Gasteiger partial charge on any atom is -0.322 e. The van der Waals surface area contributed by atoms with Gasteiger partial charge < -0.3 is 5.32 Å². The zero-order chi connectivity index (χ0) is 15.5. The highest BCUT2D eigenvalue weighted by Crippen LogP contribution is 2.15. The highest BCUT2D eigenvalue weighted by molar-refractivity contribution is 6.04. The van der Waals surface area contributed by atoms with Gasteiger partial charge in [0.1, 0.15) is 12.7 Å². The Balaban J connectivity index is 1.75. The van der Waals surface area contributed by atoms with Crippen molar-refractivity contribution in [2.75, 3.05) is 5.32 Å². The molecule has 0 aliphatic carbocycles. The smallest absolute Gasteiger partial charge is 0.255 e. The molecule has 1 amide bonds. The number of anilines is 1. The molecule has 0 aliphatic rings. The second-order valence-corrected chi connectivity index (χ2v) is 4.47. The molecular weight excluding hydrogens is 290 g/mol. The van der Waals surface area contributed by atoms with Crippen molar-refractivity contribution in [3.63, 3.8) is 0 Å². The molecular formula is C15H10F2N4O. The van der Waals surface area contributed by atoms with Gasteiger partial charge in [-0.25, -0.2) is 18.4 Å². The molecule has 5 nitrogen and oxygen atoms in total. The van der Waals surface area contributed by atoms with Gasteiger partial charge in [0, 0.05) is 11.3 Å². The van der Waals surface area contributed by atoms with Gasteiger partial charge in [-0.2, -0.15) is 5.10 Å². The average Bonchev–Trinajstić information content (AvgIpc) is 3.05. The summed E-state index contributed by atoms with van der Waals surface area (Å²) < 4.78 is 27.5. The number of benzene rings is 2. The van der Waals surface area contributed by atoms with E-state index in [0.717, 1.165) is 17.8 Å². The van der Waals surface area contributed by atoms with Crippen molar-refractivity contribution in [1.29, 1.82) is 0 Å². The van der Waals surface area contributed by atoms with Gasteiger partial charge in [0.2, 0.25) is 0 Å². The van der Waals surface area contributed by atoms with Crippen LogP contribution >= 0.6 is 0 Å². The zero-order valence-corrected chi connectivity index (χ0v) is 11.2. The molecule has 0 atom stereocenters. The van der Waals surface area contributed by atoms with E-state index in [-0.39, 0.29) is 5.56 Å². The van der Waals surface area contributed by atoms with Gasteiger partial charge in [0.25, 0.3) is 5.91 Å². The summed E-state index contributed by atoms with van der Waals surface area (Å²) >= 11 is 0. The van der Waals surface area contributed by atoms with E-state index < -0.39 is 17.5 Å². The summed E-state index contributed by atoms with van der Waals surface area (Å²) in [5, 5.41) is 6.59. The Morgan fingerprint density at radius 3 is 2.45 bits per heavy atom. The van der Waals surface area contributed by atoms with Gasteiger partial charge in [-0.3, -0.25) is 4.79 Å². The molecule has 0 bridgehead atoms. The summed E-state index contributed by atoms with van der Waals surface area (Å²) in [5.74, 6) is -2.57. The van der Waals surface area contributed by atoms with Crippen LogP contribution in [0.15, 0.2) is 55.1 Å². The van der Waals surface area contributed by atoms with E-state index in [1.54, 1.807) is 35.3 Å². The molecule has 1 heterocycles. The van der Waals surface area contributed by atoms with E-state index in [1.165, 1.54) is 12.4 Å². The maximum atomic E-state index is 13.1. The second kappa shape index (κ2) is 5.72. The predicted octanol–water partition coefficient (Wildman–Crippen LogP) is 2.80. The Kier molecular flexibility index (Phi) is 3.61. The van der Waals surface area contributed by atoms with E-state index in [2.05, 4.69) is 15.4 Å². The number of aromatic nitrogens is 3. The van der Waals surface area contributed by atoms with Crippen molar-refractivity contribution in [3.05, 3.63) is 72.3 Å². The van der Waals surface area contributed by atoms with E-state index in [0.29, 0.717) is 5.69 Å². The lowest BCUT2D eigenvalue weighted by Gasteiger charge is -2.07. The zero-order valence-electron chi connectivity index (χ0n) is 11.2. The molecule has 0 saturated carbocycles. The minimum atomic E-state index is -1.06. The van der Waals surface area contributed by atoms with Gasteiger partial charge in [-0.05, 0) is 42.5 Å². The second-order valence-electron chi connectivity index (χ2n) is 4.47. The van der Waals surface area contributed by atoms with Gasteiger partial charge in [-0.1, -0.05) is 0 Å². The van der Waals surface area contributed by atoms with Crippen LogP contribution in [0.25, 0.3) is 5.69 Å². The monoisotopic (exact) mass is 300 g/mol. The average molecular weight is 300 g/mol. The topological polar surface area (TPSA) is 59.8 Å². The molecule has 0 radical (unpaired) electrons. The molecule has 3 rings (SSSR count). The van der Waals surface area contributed by atoms with Crippen LogP contribution in [0.5, 0.6) is 0 Å². The molecule has 0 spiro atoms. The predicted molar refractivity (Wildman–Crippen MR) is 75.7 cm³/mol. The number of carbonyl (C=O) groups excluding carboxylic acids is 1. The quantitative estimate of drug-likeness (QED) is 0.809. The van der Waals surface area contributed by atoms with Crippen LogP contribution in [0.4, 0.5) is 14.5 Å². The van der Waals surface area contributed by atoms with Crippen LogP contribution in [0, 0.1) is 11.6 Å². The molecule has 0 saturated heterocycles. The van der Waals surface area contributed by atoms with E-state index in [1.807, 2.05) is 0 Å². The molecule has 1 N–H and O–H groups in total. The standard InChI is InChI=1S/C15H10F2N4O/c16-13-6-1-10(7-14(13)17)15(22)20-11-2-4-12(5-3-11)21-9-18-8-19-21/h1-9H,(H,20,22). The summed E-state index contributed by atoms with van der Waals surface area (Å²) in [4.78, 5) is 15.8. The Morgan fingerprint density at radius 2 is 1.82 bits per heavy atom. The molecule has 110 valence electrons. The molecule has 7 heteroatoms. The first-order valence-electron chi connectivity index (χ1n) is 6.35. The van der Waals surface area contributed by atoms with Crippen LogP contribution in [0.3, 0.4) is 0 Å². The SMILES string of the molecule is O=C(Nc1ccc(-n2cncn2)cc1)c1ccc(F)c(F)c1. The number of halogens is 2. The molecule has 0 aliphatic heterocycles. The molecule has 0 unspecified atom stereocenters. The maximum absolute atomic E-state index is 13.1. The first-order valence-corrected chi connectivity index (χ1v) is 6.35. The van der Waals surface area contributed by atoms with Crippen molar-refractivity contribution in [1.82, 2.24) is 14.8 Å². The lowest BCUT2D eigenvalue weighted by molar-refractivity contribution is 0.102. The largest absolute Gasteiger partial charge is 0.322 e. The van der Waals surface area contributed by atoms with E-state index in [9.17, 15) is 13.6 Å². The number of hydrogen-bond acceptors (Lipinski definition) is 3. The third kappa shape index (κ3) is 2.83. The molecule has 1 aromatic heterocycles. The van der Waals surface area contributed by atoms with E-state index >= 15 is 0 Å². The van der Waals surface area contributed by atoms with Crippen molar-refractivity contribution < 1.29 is 13.6 Å². The van der Waals surface area contributed by atoms with Gasteiger partial charge in [0.05, 0.1) is 5.69 Å². The third-order valence-corrected chi connectivity index (χ3v) is 2.99. The fourth-order valence-electron chi connectivity index (χ4n) is 1.88. The number of nitrogens with one attached hydrogen (secondary N) is 1. The summed E-state index contributed by atoms with van der Waals surface area (Å²) in [6.45, 7) is 0. The fourth-order valence-corrected chi connectivity index (χ4v) is 1.88. The van der Waals surface area contributed by atoms with E-state index in [4.69, 9.17) is 0 Å². The number of hydrogen-bond donors (Lipinski definition) is 1. The van der Waals surface area contributed by atoms with Crippen LogP contribution < -0.4 is 5.32 Å². The summed E-state index contributed by atoms with van der Waals surface area (Å²) in [6.07, 6.45) is 2.97. The molecule has 3 aromatic rings. The summed E-state index contributed by atoms with van der Waals surface area (Å²) in [6, 6.07) is 9.83. The number of carbonyl (C=O) groups is 1. The van der Waals surface area contributed by atoms with Crippen LogP contribution in [-0.4, -0.2) is 20.7 Å². The van der Waals surface area contributed by atoms with Crippen LogP contribution in [0.2, 0.25) is 0 Å². The first-order chi connectivity index (χ1) is 10.6. The van der Waals surface area contributed by atoms with Crippen LogP contribution in [0.1, 0.15) is 10.4 Å². The molecule has 0 fully saturated rings. The lowest BCUT2D eigenvalue weighted by Crippen LogP contribution is -2.12. The number of nitrogens with zero attached hydrogens (tertiary/aromatic N) is 3. The Hall–Kier alpha value is -3.09. The van der Waals surface area contributed by atoms with Gasteiger partial charge in [0.15, 0.2) is 11.6 Å². The van der Waals surface area contributed by atoms with Crippen molar-refractivity contribution in [2.24, 2.45) is 0 Å². The Bertz CT molecular complexity index is 801. The Labute approximate surface area is 124 Å².